The van der Waals surface area contributed by atoms with Crippen molar-refractivity contribution >= 4 is 6.09 Å². The number of fused-ring (bicyclic) bond motifs is 1. The van der Waals surface area contributed by atoms with Crippen LogP contribution < -0.4 is 14.8 Å². The number of carbonyl (C=O) groups is 1. The third-order valence-electron chi connectivity index (χ3n) is 6.46. The van der Waals surface area contributed by atoms with Crippen LogP contribution in [0, 0.1) is 0 Å². The minimum absolute atomic E-state index is 0.0536. The quantitative estimate of drug-likeness (QED) is 0.495. The zero-order chi connectivity index (χ0) is 25.3. The molecule has 1 unspecified atom stereocenters. The lowest BCUT2D eigenvalue weighted by Crippen LogP contribution is -2.41. The molecule has 0 spiro atoms. The average Bonchev–Trinajstić information content (AvgIpc) is 3.48. The van der Waals surface area contributed by atoms with E-state index in [4.69, 9.17) is 14.2 Å². The molecular weight excluding hydrogens is 456 g/mol. The van der Waals surface area contributed by atoms with E-state index < -0.39 is 11.7 Å². The first-order valence-electron chi connectivity index (χ1n) is 12.3. The van der Waals surface area contributed by atoms with Gasteiger partial charge in [0.25, 0.3) is 0 Å². The highest BCUT2D eigenvalue weighted by Crippen LogP contribution is 2.44. The van der Waals surface area contributed by atoms with Crippen molar-refractivity contribution in [2.45, 2.75) is 44.9 Å². The van der Waals surface area contributed by atoms with E-state index >= 15 is 0 Å². The van der Waals surface area contributed by atoms with Crippen LogP contribution in [0.1, 0.15) is 44.4 Å². The lowest BCUT2D eigenvalue weighted by molar-refractivity contribution is 0.0505. The van der Waals surface area contributed by atoms with Gasteiger partial charge in [0, 0.05) is 30.8 Å². The Morgan fingerprint density at radius 2 is 1.69 bits per heavy atom. The van der Waals surface area contributed by atoms with Crippen molar-refractivity contribution in [3.63, 3.8) is 0 Å². The molecular formula is C29H32N2O5. The highest BCUT2D eigenvalue weighted by Gasteiger charge is 2.34. The number of aromatic hydroxyl groups is 1. The summed E-state index contributed by atoms with van der Waals surface area (Å²) in [6.07, 6.45) is 0.368. The van der Waals surface area contributed by atoms with Gasteiger partial charge in [-0.3, -0.25) is 4.90 Å². The van der Waals surface area contributed by atoms with Crippen molar-refractivity contribution < 1.29 is 24.1 Å². The molecule has 7 heteroatoms. The first-order valence-corrected chi connectivity index (χ1v) is 12.3. The van der Waals surface area contributed by atoms with Gasteiger partial charge in [0.15, 0.2) is 11.5 Å². The van der Waals surface area contributed by atoms with E-state index in [9.17, 15) is 9.90 Å². The van der Waals surface area contributed by atoms with Crippen molar-refractivity contribution in [1.29, 1.82) is 0 Å². The van der Waals surface area contributed by atoms with Gasteiger partial charge in [-0.1, -0.05) is 54.6 Å². The molecule has 3 aromatic carbocycles. The molecule has 2 aliphatic rings. The van der Waals surface area contributed by atoms with Crippen LogP contribution in [0.25, 0.3) is 11.1 Å². The number of phenolic OH excluding ortho intramolecular Hbond substituents is 1. The molecule has 0 aliphatic carbocycles. The van der Waals surface area contributed by atoms with Gasteiger partial charge in [-0.25, -0.2) is 4.79 Å². The Morgan fingerprint density at radius 1 is 1.03 bits per heavy atom. The summed E-state index contributed by atoms with van der Waals surface area (Å²) >= 11 is 0. The summed E-state index contributed by atoms with van der Waals surface area (Å²) in [4.78, 5) is 14.6. The van der Waals surface area contributed by atoms with Crippen molar-refractivity contribution in [1.82, 2.24) is 10.2 Å². The molecule has 0 aromatic heterocycles. The minimum Gasteiger partial charge on any atom is -0.507 e. The lowest BCUT2D eigenvalue weighted by atomic mass is 9.94. The molecule has 2 heterocycles. The standard InChI is InChI=1S/C29H32N2O5/c1-29(2,3)36-28(33)30-22-13-14-31(17-22)27(23-15-25-26(16-24(23)32)35-18-34-25)21-11-9-20(10-12-21)19-7-5-4-6-8-19/h4-12,15-16,22,27,32H,13-14,17-18H2,1-3H3,(H,30,33)/t22-,27?/m1/s1. The zero-order valence-electron chi connectivity index (χ0n) is 20.9. The smallest absolute Gasteiger partial charge is 0.407 e. The van der Waals surface area contributed by atoms with Crippen LogP contribution in [-0.4, -0.2) is 47.6 Å². The van der Waals surface area contributed by atoms with Crippen LogP contribution in [-0.2, 0) is 4.74 Å². The number of nitrogens with zero attached hydrogens (tertiary/aromatic N) is 1. The number of phenols is 1. The average molecular weight is 489 g/mol. The molecule has 1 fully saturated rings. The van der Waals surface area contributed by atoms with Crippen LogP contribution in [0.3, 0.4) is 0 Å². The second-order valence-corrected chi connectivity index (χ2v) is 10.3. The largest absolute Gasteiger partial charge is 0.507 e. The van der Waals surface area contributed by atoms with Crippen molar-refractivity contribution in [2.75, 3.05) is 19.9 Å². The second-order valence-electron chi connectivity index (χ2n) is 10.3. The van der Waals surface area contributed by atoms with Crippen LogP contribution in [0.5, 0.6) is 17.2 Å². The highest BCUT2D eigenvalue weighted by atomic mass is 16.7. The highest BCUT2D eigenvalue weighted by molar-refractivity contribution is 5.68. The Bertz CT molecular complexity index is 1220. The number of ether oxygens (including phenoxy) is 3. The van der Waals surface area contributed by atoms with Crippen molar-refractivity contribution in [3.05, 3.63) is 77.9 Å². The molecule has 0 saturated carbocycles. The van der Waals surface area contributed by atoms with Gasteiger partial charge in [0.2, 0.25) is 6.79 Å². The Balaban J connectivity index is 1.43. The van der Waals surface area contributed by atoms with Gasteiger partial charge in [-0.2, -0.15) is 0 Å². The summed E-state index contributed by atoms with van der Waals surface area (Å²) in [6.45, 7) is 7.07. The molecule has 2 aliphatic heterocycles. The number of nitrogens with one attached hydrogen (secondary N) is 1. The molecule has 3 aromatic rings. The first-order chi connectivity index (χ1) is 17.3. The van der Waals surface area contributed by atoms with E-state index in [1.54, 1.807) is 6.07 Å². The number of hydrogen-bond donors (Lipinski definition) is 2. The number of alkyl carbamates (subject to hydrolysis) is 1. The Morgan fingerprint density at radius 3 is 2.39 bits per heavy atom. The van der Waals surface area contributed by atoms with E-state index in [0.29, 0.717) is 18.0 Å². The Kier molecular flexibility index (Phi) is 6.49. The number of amides is 1. The maximum absolute atomic E-state index is 12.4. The van der Waals surface area contributed by atoms with Crippen LogP contribution in [0.4, 0.5) is 4.79 Å². The van der Waals surface area contributed by atoms with Gasteiger partial charge >= 0.3 is 6.09 Å². The summed E-state index contributed by atoms with van der Waals surface area (Å²) in [6, 6.07) is 21.9. The maximum Gasteiger partial charge on any atom is 0.407 e. The third-order valence-corrected chi connectivity index (χ3v) is 6.46. The second kappa shape index (κ2) is 9.74. The normalized spacial score (nSPS) is 18.1. The van der Waals surface area contributed by atoms with E-state index in [1.165, 1.54) is 0 Å². The molecule has 2 N–H and O–H groups in total. The van der Waals surface area contributed by atoms with E-state index in [0.717, 1.165) is 35.2 Å². The summed E-state index contributed by atoms with van der Waals surface area (Å²) in [5, 5.41) is 14.0. The molecule has 7 nitrogen and oxygen atoms in total. The lowest BCUT2D eigenvalue weighted by Gasteiger charge is -2.30. The number of hydrogen-bond acceptors (Lipinski definition) is 6. The van der Waals surface area contributed by atoms with E-state index in [1.807, 2.05) is 45.0 Å². The SMILES string of the molecule is CC(C)(C)OC(=O)N[C@@H]1CCN(C(c2ccc(-c3ccccc3)cc2)c2cc3c(cc2O)OCO3)C1. The van der Waals surface area contributed by atoms with Crippen LogP contribution in [0.2, 0.25) is 0 Å². The number of rotatable bonds is 5. The maximum atomic E-state index is 12.4. The van der Waals surface area contributed by atoms with Crippen molar-refractivity contribution in [2.24, 2.45) is 0 Å². The molecule has 5 rings (SSSR count). The first kappa shape index (κ1) is 24.0. The number of likely N-dealkylation sites (tertiary alicyclic amines) is 1. The predicted octanol–water partition coefficient (Wildman–Crippen LogP) is 5.48. The predicted molar refractivity (Wildman–Crippen MR) is 137 cm³/mol. The fraction of sp³-hybridized carbons (Fsp3) is 0.345. The molecule has 1 saturated heterocycles. The minimum atomic E-state index is -0.552. The molecule has 188 valence electrons. The fourth-order valence-electron chi connectivity index (χ4n) is 4.86. The molecule has 0 bridgehead atoms. The topological polar surface area (TPSA) is 80.3 Å². The van der Waals surface area contributed by atoms with Gasteiger partial charge in [0.05, 0.1) is 6.04 Å². The summed E-state index contributed by atoms with van der Waals surface area (Å²) in [7, 11) is 0. The van der Waals surface area contributed by atoms with E-state index in [2.05, 4.69) is 46.6 Å². The van der Waals surface area contributed by atoms with Gasteiger partial charge in [-0.05, 0) is 49.9 Å². The third kappa shape index (κ3) is 5.26. The fourth-order valence-corrected chi connectivity index (χ4v) is 4.86. The van der Waals surface area contributed by atoms with E-state index in [-0.39, 0.29) is 24.6 Å². The number of benzene rings is 3. The number of carbonyl (C=O) groups excluding carboxylic acids is 1. The van der Waals surface area contributed by atoms with Crippen molar-refractivity contribution in [3.8, 4) is 28.4 Å². The molecule has 36 heavy (non-hydrogen) atoms. The Hall–Kier alpha value is -3.71. The zero-order valence-corrected chi connectivity index (χ0v) is 20.9. The molecule has 1 amide bonds. The summed E-state index contributed by atoms with van der Waals surface area (Å²) in [5.41, 5.74) is 3.50. The summed E-state index contributed by atoms with van der Waals surface area (Å²) in [5.74, 6) is 1.32. The Labute approximate surface area is 211 Å². The van der Waals surface area contributed by atoms with Crippen LogP contribution in [0.15, 0.2) is 66.7 Å². The summed E-state index contributed by atoms with van der Waals surface area (Å²) < 4.78 is 16.5. The molecule has 0 radical (unpaired) electrons. The molecule has 2 atom stereocenters. The van der Waals surface area contributed by atoms with Gasteiger partial charge < -0.3 is 24.6 Å². The van der Waals surface area contributed by atoms with Gasteiger partial charge in [-0.15, -0.1) is 0 Å². The van der Waals surface area contributed by atoms with Crippen LogP contribution >= 0.6 is 0 Å². The monoisotopic (exact) mass is 488 g/mol. The van der Waals surface area contributed by atoms with Gasteiger partial charge in [0.1, 0.15) is 11.4 Å².